The van der Waals surface area contributed by atoms with Crippen molar-refractivity contribution in [2.24, 2.45) is 0 Å². The van der Waals surface area contributed by atoms with E-state index < -0.39 is 5.97 Å². The van der Waals surface area contributed by atoms with E-state index in [9.17, 15) is 9.90 Å². The summed E-state index contributed by atoms with van der Waals surface area (Å²) in [6.07, 6.45) is 5.77. The normalized spacial score (nSPS) is 16.4. The van der Waals surface area contributed by atoms with E-state index in [0.717, 1.165) is 29.2 Å². The molecule has 1 aliphatic carbocycles. The monoisotopic (exact) mass is 288 g/mol. The molecule has 0 bridgehead atoms. The van der Waals surface area contributed by atoms with Crippen LogP contribution in [0.1, 0.15) is 53.9 Å². The Morgan fingerprint density at radius 3 is 2.50 bits per heavy atom. The van der Waals surface area contributed by atoms with Gasteiger partial charge in [0.05, 0.1) is 5.56 Å². The molecule has 0 heterocycles. The molecule has 1 saturated carbocycles. The fourth-order valence-electron chi connectivity index (χ4n) is 3.36. The van der Waals surface area contributed by atoms with Crippen molar-refractivity contribution in [3.63, 3.8) is 0 Å². The molecule has 0 radical (unpaired) electrons. The highest BCUT2D eigenvalue weighted by Gasteiger charge is 2.23. The number of hydrogen-bond donors (Lipinski definition) is 1. The molecule has 20 heavy (non-hydrogen) atoms. The summed E-state index contributed by atoms with van der Waals surface area (Å²) < 4.78 is 0. The van der Waals surface area contributed by atoms with Crippen LogP contribution in [0.25, 0.3) is 10.8 Å². The topological polar surface area (TPSA) is 37.3 Å². The first-order valence-corrected chi connectivity index (χ1v) is 7.50. The molecule has 1 aliphatic rings. The molecule has 2 aromatic rings. The Kier molecular flexibility index (Phi) is 3.66. The Balaban J connectivity index is 2.26. The van der Waals surface area contributed by atoms with Crippen LogP contribution in [0.4, 0.5) is 0 Å². The fraction of sp³-hybridized carbons (Fsp3) is 0.353. The van der Waals surface area contributed by atoms with Gasteiger partial charge in [0.25, 0.3) is 0 Å². The maximum atomic E-state index is 11.6. The lowest BCUT2D eigenvalue weighted by atomic mass is 9.80. The molecule has 0 atom stereocenters. The molecule has 0 amide bonds. The highest BCUT2D eigenvalue weighted by molar-refractivity contribution is 6.35. The van der Waals surface area contributed by atoms with Gasteiger partial charge < -0.3 is 5.11 Å². The number of hydrogen-bond acceptors (Lipinski definition) is 1. The molecule has 1 fully saturated rings. The number of aromatic carboxylic acids is 1. The van der Waals surface area contributed by atoms with Crippen LogP contribution in [0.3, 0.4) is 0 Å². The van der Waals surface area contributed by atoms with Crippen molar-refractivity contribution in [2.45, 2.75) is 38.0 Å². The molecule has 2 nitrogen and oxygen atoms in total. The van der Waals surface area contributed by atoms with Gasteiger partial charge in [0.1, 0.15) is 0 Å². The Bertz CT molecular complexity index is 657. The third-order valence-electron chi connectivity index (χ3n) is 4.29. The number of fused-ring (bicyclic) bond motifs is 1. The van der Waals surface area contributed by atoms with Crippen LogP contribution in [0.5, 0.6) is 0 Å². The maximum Gasteiger partial charge on any atom is 0.335 e. The van der Waals surface area contributed by atoms with E-state index in [1.807, 2.05) is 24.3 Å². The Labute approximate surface area is 123 Å². The zero-order chi connectivity index (χ0) is 14.1. The van der Waals surface area contributed by atoms with Crippen LogP contribution in [-0.4, -0.2) is 11.1 Å². The fourth-order valence-corrected chi connectivity index (χ4v) is 3.60. The van der Waals surface area contributed by atoms with Gasteiger partial charge in [-0.05, 0) is 41.8 Å². The lowest BCUT2D eigenvalue weighted by molar-refractivity contribution is 0.0695. The van der Waals surface area contributed by atoms with Crippen LogP contribution in [0.15, 0.2) is 30.3 Å². The van der Waals surface area contributed by atoms with Crippen LogP contribution in [-0.2, 0) is 0 Å². The van der Waals surface area contributed by atoms with Crippen molar-refractivity contribution in [1.29, 1.82) is 0 Å². The van der Waals surface area contributed by atoms with Gasteiger partial charge in [-0.2, -0.15) is 0 Å². The van der Waals surface area contributed by atoms with Gasteiger partial charge in [-0.25, -0.2) is 4.79 Å². The summed E-state index contributed by atoms with van der Waals surface area (Å²) in [4.78, 5) is 11.6. The van der Waals surface area contributed by atoms with Gasteiger partial charge >= 0.3 is 5.97 Å². The molecular formula is C17H17ClO2. The minimum absolute atomic E-state index is 0.344. The van der Waals surface area contributed by atoms with Crippen molar-refractivity contribution in [2.75, 3.05) is 0 Å². The highest BCUT2D eigenvalue weighted by Crippen LogP contribution is 2.39. The summed E-state index contributed by atoms with van der Waals surface area (Å²) in [5, 5.41) is 12.1. The molecule has 0 saturated heterocycles. The first-order valence-electron chi connectivity index (χ1n) is 7.13. The maximum absolute atomic E-state index is 11.6. The number of benzene rings is 2. The van der Waals surface area contributed by atoms with Gasteiger partial charge in [0.15, 0.2) is 0 Å². The average Bonchev–Trinajstić information content (AvgIpc) is 2.47. The molecule has 0 spiro atoms. The average molecular weight is 289 g/mol. The van der Waals surface area contributed by atoms with Gasteiger partial charge in [-0.1, -0.05) is 49.1 Å². The van der Waals surface area contributed by atoms with Crippen LogP contribution in [0.2, 0.25) is 5.02 Å². The summed E-state index contributed by atoms with van der Waals surface area (Å²) >= 11 is 6.25. The third-order valence-corrected chi connectivity index (χ3v) is 4.62. The van der Waals surface area contributed by atoms with Crippen molar-refractivity contribution < 1.29 is 9.90 Å². The number of carboxylic acid groups (broad SMARTS) is 1. The van der Waals surface area contributed by atoms with E-state index in [4.69, 9.17) is 11.6 Å². The van der Waals surface area contributed by atoms with Gasteiger partial charge in [-0.15, -0.1) is 0 Å². The first-order chi connectivity index (χ1) is 9.68. The van der Waals surface area contributed by atoms with Gasteiger partial charge in [0, 0.05) is 10.4 Å². The molecule has 1 N–H and O–H groups in total. The lowest BCUT2D eigenvalue weighted by Gasteiger charge is -2.25. The van der Waals surface area contributed by atoms with Crippen LogP contribution >= 0.6 is 11.6 Å². The summed E-state index contributed by atoms with van der Waals surface area (Å²) in [6, 6.07) is 9.29. The minimum Gasteiger partial charge on any atom is -0.478 e. The van der Waals surface area contributed by atoms with Crippen molar-refractivity contribution >= 4 is 28.3 Å². The van der Waals surface area contributed by atoms with E-state index in [2.05, 4.69) is 0 Å². The van der Waals surface area contributed by atoms with E-state index in [0.29, 0.717) is 16.5 Å². The van der Waals surface area contributed by atoms with Crippen LogP contribution in [0, 0.1) is 0 Å². The largest absolute Gasteiger partial charge is 0.478 e. The molecule has 2 aromatic carbocycles. The number of halogens is 1. The van der Waals surface area contributed by atoms with E-state index in [1.165, 1.54) is 19.3 Å². The molecule has 3 heteroatoms. The standard InChI is InChI=1S/C17H17ClO2/c18-15-8-4-7-13-12(15)9-10-14(17(19)20)16(13)11-5-2-1-3-6-11/h4,7-11H,1-3,5-6H2,(H,19,20). The second-order valence-electron chi connectivity index (χ2n) is 5.50. The molecular weight excluding hydrogens is 272 g/mol. The van der Waals surface area contributed by atoms with E-state index in [-0.39, 0.29) is 0 Å². The minimum atomic E-state index is -0.840. The third kappa shape index (κ3) is 2.29. The smallest absolute Gasteiger partial charge is 0.335 e. The highest BCUT2D eigenvalue weighted by atomic mass is 35.5. The zero-order valence-electron chi connectivity index (χ0n) is 11.2. The zero-order valence-corrected chi connectivity index (χ0v) is 12.0. The SMILES string of the molecule is O=C(O)c1ccc2c(Cl)cccc2c1C1CCCCC1. The Morgan fingerprint density at radius 2 is 1.80 bits per heavy atom. The molecule has 0 aliphatic heterocycles. The summed E-state index contributed by atoms with van der Waals surface area (Å²) in [7, 11) is 0. The van der Waals surface area contributed by atoms with E-state index >= 15 is 0 Å². The summed E-state index contributed by atoms with van der Waals surface area (Å²) in [5.74, 6) is -0.496. The van der Waals surface area contributed by atoms with Crippen molar-refractivity contribution in [1.82, 2.24) is 0 Å². The quantitative estimate of drug-likeness (QED) is 0.820. The Morgan fingerprint density at radius 1 is 1.05 bits per heavy atom. The second kappa shape index (κ2) is 5.45. The molecule has 0 aromatic heterocycles. The molecule has 0 unspecified atom stereocenters. The van der Waals surface area contributed by atoms with E-state index in [1.54, 1.807) is 6.07 Å². The van der Waals surface area contributed by atoms with Gasteiger partial charge in [-0.3, -0.25) is 0 Å². The number of carbonyl (C=O) groups is 1. The van der Waals surface area contributed by atoms with Crippen molar-refractivity contribution in [3.8, 4) is 0 Å². The molecule has 3 rings (SSSR count). The molecule has 104 valence electrons. The van der Waals surface area contributed by atoms with Gasteiger partial charge in [0.2, 0.25) is 0 Å². The Hall–Kier alpha value is -1.54. The summed E-state index contributed by atoms with van der Waals surface area (Å²) in [5.41, 5.74) is 1.42. The lowest BCUT2D eigenvalue weighted by Crippen LogP contribution is -2.11. The number of rotatable bonds is 2. The second-order valence-corrected chi connectivity index (χ2v) is 5.91. The van der Waals surface area contributed by atoms with Crippen molar-refractivity contribution in [3.05, 3.63) is 46.5 Å². The predicted octanol–water partition coefficient (Wildman–Crippen LogP) is 5.24. The first kappa shape index (κ1) is 13.4. The number of carboxylic acids is 1. The predicted molar refractivity (Wildman–Crippen MR) is 81.7 cm³/mol. The summed E-state index contributed by atoms with van der Waals surface area (Å²) in [6.45, 7) is 0. The van der Waals surface area contributed by atoms with Crippen LogP contribution < -0.4 is 0 Å².